The van der Waals surface area contributed by atoms with E-state index in [-0.39, 0.29) is 29.5 Å². The van der Waals surface area contributed by atoms with Crippen molar-refractivity contribution >= 4 is 23.5 Å². The number of rotatable bonds is 6. The topological polar surface area (TPSA) is 96.0 Å². The number of hydrogen-bond acceptors (Lipinski definition) is 9. The first kappa shape index (κ1) is 34.4. The minimum Gasteiger partial charge on any atom is -0.486 e. The highest BCUT2D eigenvalue weighted by atomic mass is 19.1. The van der Waals surface area contributed by atoms with Crippen molar-refractivity contribution in [1.29, 1.82) is 0 Å². The molecule has 1 aromatic carbocycles. The van der Waals surface area contributed by atoms with Gasteiger partial charge in [0.05, 0.1) is 18.4 Å². The number of amides is 1. The predicted octanol–water partition coefficient (Wildman–Crippen LogP) is 7.53. The van der Waals surface area contributed by atoms with Gasteiger partial charge in [-0.1, -0.05) is 6.07 Å². The summed E-state index contributed by atoms with van der Waals surface area (Å²) < 4.78 is 41.3. The summed E-state index contributed by atoms with van der Waals surface area (Å²) in [7, 11) is 0. The first-order valence-electron chi connectivity index (χ1n) is 18.1. The lowest BCUT2D eigenvalue weighted by Gasteiger charge is -2.56. The number of carbonyl (C=O) groups excluding carboxylic acids is 1. The first-order chi connectivity index (χ1) is 23.9. The van der Waals surface area contributed by atoms with Crippen LogP contribution in [0.4, 0.5) is 31.0 Å². The van der Waals surface area contributed by atoms with Crippen molar-refractivity contribution in [3.05, 3.63) is 53.9 Å². The molecule has 2 aromatic heterocycles. The molecular formula is C38H49F2N7O3. The summed E-state index contributed by atoms with van der Waals surface area (Å²) in [5.41, 5.74) is 2.03. The van der Waals surface area contributed by atoms with Crippen molar-refractivity contribution in [2.24, 2.45) is 5.41 Å². The van der Waals surface area contributed by atoms with E-state index in [1.807, 2.05) is 56.7 Å². The van der Waals surface area contributed by atoms with E-state index in [9.17, 15) is 9.18 Å². The SMILES string of the molecule is CC(C)N1CCOc2c(F)cc(-c3nc(Nc4ccc(C5CCN(C6CC7(CCN(C(=O)OC(C)(C)C)CC7)C6)CC5)cn4)ncc3F)cc21. The Hall–Kier alpha value is -4.06. The van der Waals surface area contributed by atoms with Crippen molar-refractivity contribution in [1.82, 2.24) is 24.8 Å². The second kappa shape index (κ2) is 13.6. The Kier molecular flexibility index (Phi) is 9.34. The van der Waals surface area contributed by atoms with E-state index in [1.165, 1.54) is 24.5 Å². The number of benzene rings is 1. The van der Waals surface area contributed by atoms with Crippen LogP contribution < -0.4 is 15.0 Å². The zero-order valence-electron chi connectivity index (χ0n) is 29.8. The van der Waals surface area contributed by atoms with Crippen LogP contribution in [0.5, 0.6) is 5.75 Å². The molecule has 0 unspecified atom stereocenters. The predicted molar refractivity (Wildman–Crippen MR) is 189 cm³/mol. The molecule has 4 aliphatic rings. The lowest BCUT2D eigenvalue weighted by atomic mass is 9.59. The standard InChI is InChI=1S/C38H49F2N7O3/c1-24(2)47-16-17-49-34-29(39)18-27(19-31(34)47)33-30(40)23-42-35(44-33)43-32-7-6-26(22-41-32)25-8-12-45(13-9-25)28-20-38(21-28)10-14-46(15-11-38)36(48)50-37(3,4)5/h6-7,18-19,22-25,28H,8-17,20-21H2,1-5H3,(H,41,42,43,44). The molecule has 7 rings (SSSR count). The van der Waals surface area contributed by atoms with Gasteiger partial charge < -0.3 is 29.5 Å². The molecule has 2 saturated heterocycles. The van der Waals surface area contributed by atoms with Crippen LogP contribution in [-0.2, 0) is 4.74 Å². The average molecular weight is 690 g/mol. The maximum atomic E-state index is 15.1. The Morgan fingerprint density at radius 2 is 1.74 bits per heavy atom. The molecule has 1 aliphatic carbocycles. The molecule has 3 aromatic rings. The maximum absolute atomic E-state index is 15.1. The number of hydrogen-bond donors (Lipinski definition) is 1. The Balaban J connectivity index is 0.920. The number of aromatic nitrogens is 3. The third kappa shape index (κ3) is 7.22. The highest BCUT2D eigenvalue weighted by molar-refractivity contribution is 5.73. The number of nitrogens with one attached hydrogen (secondary N) is 1. The largest absolute Gasteiger partial charge is 0.486 e. The van der Waals surface area contributed by atoms with Crippen molar-refractivity contribution in [2.45, 2.75) is 96.7 Å². The van der Waals surface area contributed by atoms with Gasteiger partial charge in [0, 0.05) is 36.9 Å². The number of ether oxygens (including phenoxy) is 2. The summed E-state index contributed by atoms with van der Waals surface area (Å²) in [5, 5.41) is 3.09. The van der Waals surface area contributed by atoms with Crippen LogP contribution >= 0.6 is 0 Å². The number of halogens is 2. The van der Waals surface area contributed by atoms with E-state index in [0.29, 0.717) is 47.6 Å². The second-order valence-corrected chi connectivity index (χ2v) is 15.8. The second-order valence-electron chi connectivity index (χ2n) is 15.8. The van der Waals surface area contributed by atoms with Crippen LogP contribution in [0.25, 0.3) is 11.3 Å². The van der Waals surface area contributed by atoms with Gasteiger partial charge in [0.25, 0.3) is 0 Å². The number of nitrogens with zero attached hydrogens (tertiary/aromatic N) is 6. The monoisotopic (exact) mass is 689 g/mol. The maximum Gasteiger partial charge on any atom is 0.410 e. The molecule has 0 atom stereocenters. The first-order valence-corrected chi connectivity index (χ1v) is 18.1. The normalized spacial score (nSPS) is 20.0. The van der Waals surface area contributed by atoms with Gasteiger partial charge in [-0.2, -0.15) is 0 Å². The highest BCUT2D eigenvalue weighted by Gasteiger charge is 2.49. The Bertz CT molecular complexity index is 1690. The van der Waals surface area contributed by atoms with Crippen molar-refractivity contribution in [3.63, 3.8) is 0 Å². The molecule has 1 saturated carbocycles. The fourth-order valence-corrected chi connectivity index (χ4v) is 8.13. The quantitative estimate of drug-likeness (QED) is 0.282. The summed E-state index contributed by atoms with van der Waals surface area (Å²) in [6.45, 7) is 14.5. The number of pyridine rings is 1. The minimum absolute atomic E-state index is 0.00509. The lowest BCUT2D eigenvalue weighted by Crippen LogP contribution is -2.57. The van der Waals surface area contributed by atoms with Gasteiger partial charge in [0.15, 0.2) is 17.4 Å². The van der Waals surface area contributed by atoms with Gasteiger partial charge in [-0.25, -0.2) is 28.5 Å². The number of anilines is 3. The molecule has 50 heavy (non-hydrogen) atoms. The molecule has 10 nitrogen and oxygen atoms in total. The van der Waals surface area contributed by atoms with Crippen LogP contribution in [0.2, 0.25) is 0 Å². The Labute approximate surface area is 293 Å². The summed E-state index contributed by atoms with van der Waals surface area (Å²) in [6.07, 6.45) is 9.57. The molecule has 1 spiro atoms. The van der Waals surface area contributed by atoms with E-state index in [2.05, 4.69) is 31.2 Å². The number of likely N-dealkylation sites (tertiary alicyclic amines) is 2. The summed E-state index contributed by atoms with van der Waals surface area (Å²) in [6, 6.07) is 7.75. The minimum atomic E-state index is -0.641. The zero-order chi connectivity index (χ0) is 35.2. The van der Waals surface area contributed by atoms with E-state index >= 15 is 4.39 Å². The van der Waals surface area contributed by atoms with E-state index in [0.717, 1.165) is 58.1 Å². The summed E-state index contributed by atoms with van der Waals surface area (Å²) >= 11 is 0. The summed E-state index contributed by atoms with van der Waals surface area (Å²) in [5.74, 6) is 0.171. The molecule has 3 fully saturated rings. The summed E-state index contributed by atoms with van der Waals surface area (Å²) in [4.78, 5) is 32.2. The van der Waals surface area contributed by atoms with Crippen LogP contribution in [0.1, 0.15) is 84.6 Å². The van der Waals surface area contributed by atoms with Gasteiger partial charge in [-0.15, -0.1) is 0 Å². The van der Waals surface area contributed by atoms with Crippen molar-refractivity contribution < 1.29 is 23.0 Å². The zero-order valence-corrected chi connectivity index (χ0v) is 29.8. The van der Waals surface area contributed by atoms with E-state index in [4.69, 9.17) is 9.47 Å². The van der Waals surface area contributed by atoms with Gasteiger partial charge >= 0.3 is 6.09 Å². The molecule has 12 heteroatoms. The van der Waals surface area contributed by atoms with Crippen LogP contribution in [0, 0.1) is 17.0 Å². The van der Waals surface area contributed by atoms with Gasteiger partial charge in [-0.05, 0) is 121 Å². The van der Waals surface area contributed by atoms with Crippen LogP contribution in [-0.4, -0.2) is 87.9 Å². The van der Waals surface area contributed by atoms with Crippen molar-refractivity contribution in [3.8, 4) is 17.0 Å². The third-order valence-corrected chi connectivity index (χ3v) is 10.9. The van der Waals surface area contributed by atoms with E-state index < -0.39 is 17.2 Å². The lowest BCUT2D eigenvalue weighted by molar-refractivity contribution is -0.0530. The number of fused-ring (bicyclic) bond motifs is 1. The number of carbonyl (C=O) groups is 1. The Morgan fingerprint density at radius 1 is 1.00 bits per heavy atom. The molecule has 0 bridgehead atoms. The molecule has 3 aliphatic heterocycles. The van der Waals surface area contributed by atoms with Gasteiger partial charge in [-0.3, -0.25) is 0 Å². The van der Waals surface area contributed by atoms with Crippen LogP contribution in [0.15, 0.2) is 36.7 Å². The Morgan fingerprint density at radius 3 is 2.40 bits per heavy atom. The van der Waals surface area contributed by atoms with Gasteiger partial charge in [0.1, 0.15) is 23.7 Å². The van der Waals surface area contributed by atoms with Crippen molar-refractivity contribution in [2.75, 3.05) is 49.5 Å². The fourth-order valence-electron chi connectivity index (χ4n) is 8.13. The number of piperidine rings is 2. The highest BCUT2D eigenvalue weighted by Crippen LogP contribution is 2.52. The molecule has 0 radical (unpaired) electrons. The average Bonchev–Trinajstić information content (AvgIpc) is 3.07. The molecule has 1 amide bonds. The molecular weight excluding hydrogens is 640 g/mol. The van der Waals surface area contributed by atoms with Crippen LogP contribution in [0.3, 0.4) is 0 Å². The fraction of sp³-hybridized carbons (Fsp3) is 0.579. The smallest absolute Gasteiger partial charge is 0.410 e. The third-order valence-electron chi connectivity index (χ3n) is 10.9. The molecule has 5 heterocycles. The van der Waals surface area contributed by atoms with Gasteiger partial charge in [0.2, 0.25) is 5.95 Å². The molecule has 268 valence electrons. The molecule has 1 N–H and O–H groups in total. The van der Waals surface area contributed by atoms with E-state index in [1.54, 1.807) is 6.07 Å².